The molecule has 2 aromatic carbocycles. The molecule has 0 saturated heterocycles. The van der Waals surface area contributed by atoms with Gasteiger partial charge in [0, 0.05) is 19.1 Å². The third-order valence-corrected chi connectivity index (χ3v) is 7.02. The summed E-state index contributed by atoms with van der Waals surface area (Å²) in [5, 5.41) is 0.406. The average Bonchev–Trinajstić information content (AvgIpc) is 2.51. The van der Waals surface area contributed by atoms with Crippen molar-refractivity contribution in [1.82, 2.24) is 4.31 Å². The van der Waals surface area contributed by atoms with Crippen molar-refractivity contribution in [2.75, 3.05) is 18.8 Å². The zero-order chi connectivity index (χ0) is 18.8. The molecule has 2 aromatic rings. The van der Waals surface area contributed by atoms with Crippen molar-refractivity contribution in [3.63, 3.8) is 0 Å². The van der Waals surface area contributed by atoms with E-state index in [2.05, 4.69) is 4.72 Å². The van der Waals surface area contributed by atoms with Gasteiger partial charge in [0.1, 0.15) is 0 Å². The Balaban J connectivity index is 2.35. The topological polar surface area (TPSA) is 83.6 Å². The molecule has 0 atom stereocenters. The summed E-state index contributed by atoms with van der Waals surface area (Å²) >= 11 is 12.0. The molecule has 0 amide bonds. The summed E-state index contributed by atoms with van der Waals surface area (Å²) < 4.78 is 52.5. The number of hydrogen-bond donors (Lipinski definition) is 1. The predicted octanol–water partition coefficient (Wildman–Crippen LogP) is 3.19. The van der Waals surface area contributed by atoms with E-state index in [0.717, 1.165) is 4.31 Å². The number of nitrogens with one attached hydrogen (secondary N) is 1. The molecule has 1 N–H and O–H groups in total. The van der Waals surface area contributed by atoms with E-state index in [4.69, 9.17) is 23.2 Å². The molecular weight excluding hydrogens is 407 g/mol. The van der Waals surface area contributed by atoms with Gasteiger partial charge in [-0.1, -0.05) is 41.4 Å². The maximum Gasteiger partial charge on any atom is 0.242 e. The SMILES string of the molecule is CN(C)S(=O)(=O)c1ccc(Cl)c(NS(=O)(=O)Cc2ccccc2Cl)c1. The maximum absolute atomic E-state index is 12.4. The van der Waals surface area contributed by atoms with Gasteiger partial charge in [-0.2, -0.15) is 0 Å². The molecule has 2 rings (SSSR count). The van der Waals surface area contributed by atoms with Crippen LogP contribution >= 0.6 is 23.2 Å². The molecule has 0 radical (unpaired) electrons. The summed E-state index contributed by atoms with van der Waals surface area (Å²) in [7, 11) is -4.80. The Hall–Kier alpha value is -1.32. The third kappa shape index (κ3) is 4.86. The fourth-order valence-corrected chi connectivity index (χ4v) is 4.65. The predicted molar refractivity (Wildman–Crippen MR) is 100 cm³/mol. The van der Waals surface area contributed by atoms with Crippen LogP contribution in [0.1, 0.15) is 5.56 Å². The van der Waals surface area contributed by atoms with Crippen molar-refractivity contribution in [3.05, 3.63) is 58.1 Å². The number of benzene rings is 2. The Morgan fingerprint density at radius 3 is 2.20 bits per heavy atom. The molecule has 0 aromatic heterocycles. The van der Waals surface area contributed by atoms with Crippen molar-refractivity contribution in [3.8, 4) is 0 Å². The Morgan fingerprint density at radius 2 is 1.60 bits per heavy atom. The van der Waals surface area contributed by atoms with E-state index in [1.807, 2.05) is 0 Å². The monoisotopic (exact) mass is 422 g/mol. The van der Waals surface area contributed by atoms with Gasteiger partial charge in [0.05, 0.1) is 21.4 Å². The average molecular weight is 423 g/mol. The highest BCUT2D eigenvalue weighted by molar-refractivity contribution is 7.92. The quantitative estimate of drug-likeness (QED) is 0.774. The first-order valence-corrected chi connectivity index (χ1v) is 10.8. The first-order valence-electron chi connectivity index (χ1n) is 6.99. The number of halogens is 2. The van der Waals surface area contributed by atoms with E-state index in [0.29, 0.717) is 10.6 Å². The molecule has 0 aliphatic carbocycles. The maximum atomic E-state index is 12.4. The van der Waals surface area contributed by atoms with Crippen molar-refractivity contribution >= 4 is 48.9 Å². The highest BCUT2D eigenvalue weighted by atomic mass is 35.5. The van der Waals surface area contributed by atoms with Crippen LogP contribution in [0.5, 0.6) is 0 Å². The first kappa shape index (κ1) is 20.0. The minimum Gasteiger partial charge on any atom is -0.282 e. The molecule has 6 nitrogen and oxygen atoms in total. The van der Waals surface area contributed by atoms with Crippen LogP contribution < -0.4 is 4.72 Å². The van der Waals surface area contributed by atoms with Crippen molar-refractivity contribution in [2.45, 2.75) is 10.6 Å². The molecule has 0 aliphatic rings. The van der Waals surface area contributed by atoms with Gasteiger partial charge in [-0.25, -0.2) is 21.1 Å². The molecule has 10 heteroatoms. The second-order valence-corrected chi connectivity index (χ2v) is 10.1. The molecule has 0 fully saturated rings. The van der Waals surface area contributed by atoms with Crippen LogP contribution in [0, 0.1) is 0 Å². The highest BCUT2D eigenvalue weighted by Crippen LogP contribution is 2.28. The second-order valence-electron chi connectivity index (χ2n) is 5.38. The summed E-state index contributed by atoms with van der Waals surface area (Å²) in [6, 6.07) is 10.4. The standard InChI is InChI=1S/C15H16Cl2N2O4S2/c1-19(2)25(22,23)12-7-8-14(17)15(9-12)18-24(20,21)10-11-5-3-4-6-13(11)16/h3-9,18H,10H2,1-2H3. The van der Waals surface area contributed by atoms with Gasteiger partial charge in [0.25, 0.3) is 0 Å². The molecular formula is C15H16Cl2N2O4S2. The van der Waals surface area contributed by atoms with Crippen molar-refractivity contribution in [1.29, 1.82) is 0 Å². The molecule has 0 saturated carbocycles. The molecule has 25 heavy (non-hydrogen) atoms. The lowest BCUT2D eigenvalue weighted by atomic mass is 10.2. The summed E-state index contributed by atoms with van der Waals surface area (Å²) in [5.41, 5.74) is 0.404. The molecule has 0 spiro atoms. The van der Waals surface area contributed by atoms with Gasteiger partial charge < -0.3 is 0 Å². The van der Waals surface area contributed by atoms with E-state index in [1.54, 1.807) is 24.3 Å². The van der Waals surface area contributed by atoms with E-state index < -0.39 is 20.0 Å². The van der Waals surface area contributed by atoms with Gasteiger partial charge in [0.2, 0.25) is 20.0 Å². The van der Waals surface area contributed by atoms with E-state index in [9.17, 15) is 16.8 Å². The number of anilines is 1. The fraction of sp³-hybridized carbons (Fsp3) is 0.200. The van der Waals surface area contributed by atoms with Gasteiger partial charge in [0.15, 0.2) is 0 Å². The summed E-state index contributed by atoms with van der Waals surface area (Å²) in [5.74, 6) is -0.367. The van der Waals surface area contributed by atoms with Crippen LogP contribution in [0.15, 0.2) is 47.4 Å². The second kappa shape index (κ2) is 7.51. The first-order chi connectivity index (χ1) is 11.5. The van der Waals surface area contributed by atoms with Gasteiger partial charge in [-0.15, -0.1) is 0 Å². The van der Waals surface area contributed by atoms with Crippen molar-refractivity contribution < 1.29 is 16.8 Å². The normalized spacial score (nSPS) is 12.4. The largest absolute Gasteiger partial charge is 0.282 e. The van der Waals surface area contributed by atoms with Gasteiger partial charge in [-0.3, -0.25) is 4.72 Å². The van der Waals surface area contributed by atoms with Crippen LogP contribution in [0.4, 0.5) is 5.69 Å². The minimum atomic E-state index is -3.84. The highest BCUT2D eigenvalue weighted by Gasteiger charge is 2.21. The molecule has 0 aliphatic heterocycles. The zero-order valence-corrected chi connectivity index (χ0v) is 16.5. The number of sulfonamides is 2. The minimum absolute atomic E-state index is 0.0170. The number of nitrogens with zero attached hydrogens (tertiary/aromatic N) is 1. The van der Waals surface area contributed by atoms with E-state index in [1.165, 1.54) is 32.3 Å². The van der Waals surface area contributed by atoms with Crippen LogP contribution in [0.3, 0.4) is 0 Å². The van der Waals surface area contributed by atoms with Crippen molar-refractivity contribution in [2.24, 2.45) is 0 Å². The number of hydrogen-bond acceptors (Lipinski definition) is 4. The van der Waals surface area contributed by atoms with Gasteiger partial charge in [-0.05, 0) is 29.8 Å². The van der Waals surface area contributed by atoms with E-state index in [-0.39, 0.29) is 21.4 Å². The fourth-order valence-electron chi connectivity index (χ4n) is 1.98. The van der Waals surface area contributed by atoms with Crippen LogP contribution in [-0.4, -0.2) is 35.2 Å². The lowest BCUT2D eigenvalue weighted by Gasteiger charge is -2.14. The molecule has 0 bridgehead atoms. The molecule has 0 heterocycles. The molecule has 136 valence electrons. The zero-order valence-electron chi connectivity index (χ0n) is 13.4. The Morgan fingerprint density at radius 1 is 0.960 bits per heavy atom. The summed E-state index contributed by atoms with van der Waals surface area (Å²) in [6.45, 7) is 0. The van der Waals surface area contributed by atoms with Crippen LogP contribution in [0.25, 0.3) is 0 Å². The summed E-state index contributed by atoms with van der Waals surface area (Å²) in [4.78, 5) is -0.0719. The lowest BCUT2D eigenvalue weighted by Crippen LogP contribution is -2.22. The van der Waals surface area contributed by atoms with Gasteiger partial charge >= 0.3 is 0 Å². The summed E-state index contributed by atoms with van der Waals surface area (Å²) in [6.07, 6.45) is 0. The number of rotatable bonds is 6. The smallest absolute Gasteiger partial charge is 0.242 e. The third-order valence-electron chi connectivity index (χ3n) is 3.29. The Labute approximate surface area is 157 Å². The lowest BCUT2D eigenvalue weighted by molar-refractivity contribution is 0.521. The van der Waals surface area contributed by atoms with Crippen LogP contribution in [0.2, 0.25) is 10.0 Å². The molecule has 0 unspecified atom stereocenters. The Bertz CT molecular complexity index is 990. The Kier molecular flexibility index (Phi) is 6.01. The van der Waals surface area contributed by atoms with Crippen LogP contribution in [-0.2, 0) is 25.8 Å². The van der Waals surface area contributed by atoms with E-state index >= 15 is 0 Å².